The molecule has 158 valence electrons. The molecule has 0 fully saturated rings. The van der Waals surface area contributed by atoms with Crippen molar-refractivity contribution in [3.8, 4) is 11.3 Å². The molecule has 0 bridgehead atoms. The molecule has 5 heteroatoms. The molecule has 3 heterocycles. The molecule has 0 spiro atoms. The van der Waals surface area contributed by atoms with Crippen molar-refractivity contribution in [2.45, 2.75) is 12.8 Å². The SMILES string of the molecule is Clc1cccc2c1sc1c(-c3ccccc3)nc(C3=CCCc4c3oc3ccccc43)nc12. The first kappa shape index (κ1) is 19.0. The summed E-state index contributed by atoms with van der Waals surface area (Å²) in [5, 5.41) is 2.98. The van der Waals surface area contributed by atoms with Crippen molar-refractivity contribution in [3.05, 3.63) is 101 Å². The number of furan rings is 1. The molecule has 1 aliphatic carbocycles. The lowest BCUT2D eigenvalue weighted by atomic mass is 9.95. The summed E-state index contributed by atoms with van der Waals surface area (Å²) < 4.78 is 8.43. The van der Waals surface area contributed by atoms with Crippen LogP contribution in [0.15, 0.2) is 83.3 Å². The first-order chi connectivity index (χ1) is 16.3. The van der Waals surface area contributed by atoms with Gasteiger partial charge < -0.3 is 4.42 Å². The first-order valence-corrected chi connectivity index (χ1v) is 12.1. The van der Waals surface area contributed by atoms with E-state index >= 15 is 0 Å². The lowest BCUT2D eigenvalue weighted by molar-refractivity contribution is 0.590. The van der Waals surface area contributed by atoms with Gasteiger partial charge in [-0.05, 0) is 25.0 Å². The van der Waals surface area contributed by atoms with Crippen LogP contribution in [0.25, 0.3) is 48.1 Å². The third-order valence-corrected chi connectivity index (χ3v) is 7.93. The Morgan fingerprint density at radius 3 is 2.55 bits per heavy atom. The molecule has 0 saturated heterocycles. The highest BCUT2D eigenvalue weighted by Gasteiger charge is 2.25. The van der Waals surface area contributed by atoms with Crippen molar-refractivity contribution in [1.29, 1.82) is 0 Å². The van der Waals surface area contributed by atoms with Crippen molar-refractivity contribution >= 4 is 59.8 Å². The molecule has 7 rings (SSSR count). The Kier molecular flexibility index (Phi) is 4.20. The lowest BCUT2D eigenvalue weighted by Gasteiger charge is -2.13. The summed E-state index contributed by atoms with van der Waals surface area (Å²) in [5.41, 5.74) is 6.05. The molecule has 0 unspecified atom stereocenters. The molecule has 0 radical (unpaired) electrons. The van der Waals surface area contributed by atoms with Crippen LogP contribution in [0.3, 0.4) is 0 Å². The summed E-state index contributed by atoms with van der Waals surface area (Å²) >= 11 is 8.22. The van der Waals surface area contributed by atoms with Crippen molar-refractivity contribution in [2.75, 3.05) is 0 Å². The molecule has 0 saturated carbocycles. The number of rotatable bonds is 2. The first-order valence-electron chi connectivity index (χ1n) is 10.9. The van der Waals surface area contributed by atoms with Gasteiger partial charge in [0.05, 0.1) is 31.2 Å². The van der Waals surface area contributed by atoms with Crippen LogP contribution in [0.1, 0.15) is 23.6 Å². The van der Waals surface area contributed by atoms with E-state index in [1.54, 1.807) is 11.3 Å². The summed E-state index contributed by atoms with van der Waals surface area (Å²) in [4.78, 5) is 10.2. The highest BCUT2D eigenvalue weighted by molar-refractivity contribution is 7.26. The Hall–Kier alpha value is -3.47. The number of aryl methyl sites for hydroxylation is 1. The Morgan fingerprint density at radius 2 is 1.64 bits per heavy atom. The number of hydrogen-bond acceptors (Lipinski definition) is 4. The predicted molar refractivity (Wildman–Crippen MR) is 137 cm³/mol. The second kappa shape index (κ2) is 7.27. The fourth-order valence-corrected chi connectivity index (χ4v) is 6.20. The molecule has 6 aromatic rings. The quantitative estimate of drug-likeness (QED) is 0.258. The van der Waals surface area contributed by atoms with Gasteiger partial charge in [-0.3, -0.25) is 0 Å². The van der Waals surface area contributed by atoms with Gasteiger partial charge in [0.25, 0.3) is 0 Å². The minimum Gasteiger partial charge on any atom is -0.456 e. The zero-order valence-electron chi connectivity index (χ0n) is 17.5. The average Bonchev–Trinajstić information content (AvgIpc) is 3.43. The zero-order chi connectivity index (χ0) is 21.9. The maximum atomic E-state index is 6.56. The van der Waals surface area contributed by atoms with Crippen LogP contribution in [-0.2, 0) is 6.42 Å². The number of allylic oxidation sites excluding steroid dienone is 1. The van der Waals surface area contributed by atoms with Gasteiger partial charge in [-0.15, -0.1) is 11.3 Å². The maximum Gasteiger partial charge on any atom is 0.163 e. The van der Waals surface area contributed by atoms with E-state index in [4.69, 9.17) is 26.0 Å². The molecule has 3 nitrogen and oxygen atoms in total. The summed E-state index contributed by atoms with van der Waals surface area (Å²) in [5.74, 6) is 1.58. The number of para-hydroxylation sites is 1. The summed E-state index contributed by atoms with van der Waals surface area (Å²) in [6.45, 7) is 0. The zero-order valence-corrected chi connectivity index (χ0v) is 19.1. The van der Waals surface area contributed by atoms with E-state index < -0.39 is 0 Å². The second-order valence-electron chi connectivity index (χ2n) is 8.22. The van der Waals surface area contributed by atoms with E-state index in [9.17, 15) is 0 Å². The molecular weight excluding hydrogens is 448 g/mol. The van der Waals surface area contributed by atoms with Crippen molar-refractivity contribution in [2.24, 2.45) is 0 Å². The second-order valence-corrected chi connectivity index (χ2v) is 9.65. The van der Waals surface area contributed by atoms with Gasteiger partial charge in [0.15, 0.2) is 5.82 Å². The third kappa shape index (κ3) is 2.88. The number of aromatic nitrogens is 2. The highest BCUT2D eigenvalue weighted by atomic mass is 35.5. The normalized spacial score (nSPS) is 13.5. The van der Waals surface area contributed by atoms with E-state index in [1.165, 1.54) is 10.9 Å². The van der Waals surface area contributed by atoms with Crippen LogP contribution in [0.4, 0.5) is 0 Å². The maximum absolute atomic E-state index is 6.56. The number of halogens is 1. The van der Waals surface area contributed by atoms with Crippen LogP contribution in [0.2, 0.25) is 5.02 Å². The molecule has 0 aliphatic heterocycles. The van der Waals surface area contributed by atoms with Crippen LogP contribution in [0.5, 0.6) is 0 Å². The predicted octanol–water partition coefficient (Wildman–Crippen LogP) is 8.29. The van der Waals surface area contributed by atoms with E-state index in [1.807, 2.05) is 42.5 Å². The van der Waals surface area contributed by atoms with Crippen LogP contribution in [-0.4, -0.2) is 9.97 Å². The number of thiophene rings is 1. The van der Waals surface area contributed by atoms with Gasteiger partial charge in [-0.25, -0.2) is 9.97 Å². The summed E-state index contributed by atoms with van der Waals surface area (Å²) in [6, 6.07) is 24.5. The van der Waals surface area contributed by atoms with Crippen LogP contribution in [0, 0.1) is 0 Å². The van der Waals surface area contributed by atoms with E-state index in [2.05, 4.69) is 36.4 Å². The van der Waals surface area contributed by atoms with E-state index in [-0.39, 0.29) is 0 Å². The summed E-state index contributed by atoms with van der Waals surface area (Å²) in [6.07, 6.45) is 4.10. The van der Waals surface area contributed by atoms with E-state index in [0.717, 1.165) is 66.3 Å². The molecule has 1 aliphatic rings. The molecule has 0 N–H and O–H groups in total. The van der Waals surface area contributed by atoms with Gasteiger partial charge in [0.2, 0.25) is 0 Å². The minimum atomic E-state index is 0.695. The standard InChI is InChI=1S/C28H17ClN2OS/c29-21-14-7-12-19-24-27(33-26(19)21)23(16-8-2-1-3-9-16)30-28(31-24)20-13-6-11-18-17-10-4-5-15-22(17)32-25(18)20/h1-5,7-10,12-15H,6,11H2. The fourth-order valence-electron chi connectivity index (χ4n) is 4.75. The molecule has 3 aromatic carbocycles. The number of hydrogen-bond donors (Lipinski definition) is 0. The molecule has 3 aromatic heterocycles. The van der Waals surface area contributed by atoms with Crippen LogP contribution < -0.4 is 0 Å². The summed E-state index contributed by atoms with van der Waals surface area (Å²) in [7, 11) is 0. The smallest absolute Gasteiger partial charge is 0.163 e. The minimum absolute atomic E-state index is 0.695. The van der Waals surface area contributed by atoms with Crippen molar-refractivity contribution in [3.63, 3.8) is 0 Å². The Morgan fingerprint density at radius 1 is 0.818 bits per heavy atom. The lowest BCUT2D eigenvalue weighted by Crippen LogP contribution is -2.03. The Balaban J connectivity index is 1.55. The largest absolute Gasteiger partial charge is 0.456 e. The van der Waals surface area contributed by atoms with E-state index in [0.29, 0.717) is 5.82 Å². The van der Waals surface area contributed by atoms with Crippen LogP contribution >= 0.6 is 22.9 Å². The fraction of sp³-hybridized carbons (Fsp3) is 0.0714. The van der Waals surface area contributed by atoms with Gasteiger partial charge in [-0.1, -0.05) is 78.3 Å². The van der Waals surface area contributed by atoms with Crippen molar-refractivity contribution < 1.29 is 4.42 Å². The monoisotopic (exact) mass is 464 g/mol. The number of nitrogens with zero attached hydrogens (tertiary/aromatic N) is 2. The molecular formula is C28H17ClN2OS. The third-order valence-electron chi connectivity index (χ3n) is 6.27. The van der Waals surface area contributed by atoms with Crippen molar-refractivity contribution in [1.82, 2.24) is 9.97 Å². The number of fused-ring (bicyclic) bond motifs is 6. The average molecular weight is 465 g/mol. The topological polar surface area (TPSA) is 38.9 Å². The van der Waals surface area contributed by atoms with Gasteiger partial charge >= 0.3 is 0 Å². The highest BCUT2D eigenvalue weighted by Crippen LogP contribution is 2.43. The molecule has 0 atom stereocenters. The van der Waals surface area contributed by atoms with Gasteiger partial charge in [-0.2, -0.15) is 0 Å². The van der Waals surface area contributed by atoms with Gasteiger partial charge in [0, 0.05) is 21.9 Å². The molecule has 0 amide bonds. The van der Waals surface area contributed by atoms with Gasteiger partial charge in [0.1, 0.15) is 11.3 Å². The Labute approximate surface area is 199 Å². The molecule has 33 heavy (non-hydrogen) atoms. The Bertz CT molecular complexity index is 1730. The number of benzene rings is 3.